The van der Waals surface area contributed by atoms with Crippen LogP contribution in [-0.4, -0.2) is 46.5 Å². The van der Waals surface area contributed by atoms with Gasteiger partial charge in [-0.25, -0.2) is 13.4 Å². The number of hydrogen-bond acceptors (Lipinski definition) is 6. The fourth-order valence-electron chi connectivity index (χ4n) is 3.30. The van der Waals surface area contributed by atoms with E-state index in [-0.39, 0.29) is 16.1 Å². The van der Waals surface area contributed by atoms with Crippen LogP contribution in [0.2, 0.25) is 0 Å². The molecule has 0 unspecified atom stereocenters. The van der Waals surface area contributed by atoms with Gasteiger partial charge < -0.3 is 14.3 Å². The minimum atomic E-state index is -3.56. The van der Waals surface area contributed by atoms with Gasteiger partial charge in [-0.3, -0.25) is 4.79 Å². The third-order valence-electron chi connectivity index (χ3n) is 5.01. The Labute approximate surface area is 187 Å². The van der Waals surface area contributed by atoms with Gasteiger partial charge >= 0.3 is 0 Å². The summed E-state index contributed by atoms with van der Waals surface area (Å²) in [6, 6.07) is 8.60. The number of nitrogens with zero attached hydrogens (tertiary/aromatic N) is 3. The average molecular weight is 465 g/mol. The molecule has 3 aromatic rings. The summed E-state index contributed by atoms with van der Waals surface area (Å²) in [6.45, 7) is 9.25. The molecule has 2 heterocycles. The fraction of sp³-hybridized carbons (Fsp3) is 0.429. The molecule has 168 valence electrons. The van der Waals surface area contributed by atoms with Crippen LogP contribution in [0, 0.1) is 0 Å². The quantitative estimate of drug-likeness (QED) is 0.462. The topological polar surface area (TPSA) is 97.4 Å². The van der Waals surface area contributed by atoms with Crippen molar-refractivity contribution in [2.75, 3.05) is 13.1 Å². The number of benzene rings is 1. The van der Waals surface area contributed by atoms with E-state index in [0.29, 0.717) is 42.6 Å². The average Bonchev–Trinajstić information content (AvgIpc) is 3.39. The van der Waals surface area contributed by atoms with Crippen LogP contribution in [-0.2, 0) is 27.9 Å². The number of nitrogens with one attached hydrogen (secondary N) is 1. The first kappa shape index (κ1) is 23.4. The zero-order chi connectivity index (χ0) is 22.6. The van der Waals surface area contributed by atoms with Crippen molar-refractivity contribution in [3.8, 4) is 0 Å². The number of rotatable bonds is 10. The van der Waals surface area contributed by atoms with E-state index in [9.17, 15) is 13.2 Å². The number of carbonyl (C=O) groups excluding carboxylic acids is 1. The molecule has 0 saturated heterocycles. The molecule has 31 heavy (non-hydrogen) atoms. The molecule has 2 aromatic heterocycles. The van der Waals surface area contributed by atoms with Crippen molar-refractivity contribution in [2.24, 2.45) is 0 Å². The Balaban J connectivity index is 1.83. The summed E-state index contributed by atoms with van der Waals surface area (Å²) in [5.41, 5.74) is 1.44. The standard InChI is InChI=1S/C21H28N4O4S2/c1-5-24(6-2)31(27,28)17-10-11-19-18(13-17)23-21(25(19)7-3)30-15(4)20(26)22-14-16-9-8-12-29-16/h8-13,15H,5-7,14H2,1-4H3,(H,22,26)/t15-/m1/s1. The number of aromatic nitrogens is 2. The summed E-state index contributed by atoms with van der Waals surface area (Å²) in [6.07, 6.45) is 1.57. The molecule has 0 fully saturated rings. The second-order valence-electron chi connectivity index (χ2n) is 6.94. The van der Waals surface area contributed by atoms with Crippen molar-refractivity contribution < 1.29 is 17.6 Å². The number of sulfonamides is 1. The first-order chi connectivity index (χ1) is 14.8. The van der Waals surface area contributed by atoms with E-state index in [0.717, 1.165) is 5.52 Å². The Morgan fingerprint density at radius 3 is 2.61 bits per heavy atom. The number of thioether (sulfide) groups is 1. The van der Waals surface area contributed by atoms with Gasteiger partial charge in [-0.15, -0.1) is 0 Å². The molecule has 3 rings (SSSR count). The lowest BCUT2D eigenvalue weighted by Gasteiger charge is -2.18. The second kappa shape index (κ2) is 9.88. The van der Waals surface area contributed by atoms with E-state index < -0.39 is 10.0 Å². The van der Waals surface area contributed by atoms with Gasteiger partial charge in [0.25, 0.3) is 0 Å². The Morgan fingerprint density at radius 1 is 1.26 bits per heavy atom. The Kier molecular flexibility index (Phi) is 7.45. The Morgan fingerprint density at radius 2 is 2.00 bits per heavy atom. The number of imidazole rings is 1. The molecule has 0 aliphatic carbocycles. The Hall–Kier alpha value is -2.30. The van der Waals surface area contributed by atoms with Crippen LogP contribution in [0.3, 0.4) is 0 Å². The van der Waals surface area contributed by atoms with Crippen molar-refractivity contribution >= 4 is 38.7 Å². The van der Waals surface area contributed by atoms with E-state index >= 15 is 0 Å². The summed E-state index contributed by atoms with van der Waals surface area (Å²) < 4.78 is 34.4. The van der Waals surface area contributed by atoms with Gasteiger partial charge in [0.15, 0.2) is 5.16 Å². The number of carbonyl (C=O) groups is 1. The predicted octanol–water partition coefficient (Wildman–Crippen LogP) is 3.48. The van der Waals surface area contributed by atoms with Crippen molar-refractivity contribution in [3.05, 3.63) is 42.4 Å². The van der Waals surface area contributed by atoms with Gasteiger partial charge in [0, 0.05) is 19.6 Å². The highest BCUT2D eigenvalue weighted by molar-refractivity contribution is 8.00. The van der Waals surface area contributed by atoms with E-state index in [2.05, 4.69) is 10.3 Å². The van der Waals surface area contributed by atoms with Crippen LogP contribution in [0.1, 0.15) is 33.5 Å². The van der Waals surface area contributed by atoms with Gasteiger partial charge in [-0.1, -0.05) is 25.6 Å². The Bertz CT molecular complexity index is 1140. The van der Waals surface area contributed by atoms with Crippen molar-refractivity contribution in [1.29, 1.82) is 0 Å². The smallest absolute Gasteiger partial charge is 0.243 e. The molecule has 0 aliphatic rings. The first-order valence-electron chi connectivity index (χ1n) is 10.3. The number of fused-ring (bicyclic) bond motifs is 1. The highest BCUT2D eigenvalue weighted by Crippen LogP contribution is 2.29. The molecule has 0 aliphatic heterocycles. The molecule has 0 bridgehead atoms. The maximum absolute atomic E-state index is 12.9. The van der Waals surface area contributed by atoms with Crippen molar-refractivity contribution in [3.63, 3.8) is 0 Å². The molecular formula is C21H28N4O4S2. The summed E-state index contributed by atoms with van der Waals surface area (Å²) in [4.78, 5) is 17.4. The lowest BCUT2D eigenvalue weighted by Crippen LogP contribution is -2.30. The molecule has 1 aromatic carbocycles. The predicted molar refractivity (Wildman–Crippen MR) is 121 cm³/mol. The molecule has 10 heteroatoms. The normalized spacial score (nSPS) is 13.1. The molecule has 1 atom stereocenters. The largest absolute Gasteiger partial charge is 0.467 e. The van der Waals surface area contributed by atoms with Crippen molar-refractivity contribution in [1.82, 2.24) is 19.2 Å². The van der Waals surface area contributed by atoms with Gasteiger partial charge in [0.2, 0.25) is 15.9 Å². The van der Waals surface area contributed by atoms with Gasteiger partial charge in [0.05, 0.1) is 34.0 Å². The van der Waals surface area contributed by atoms with Gasteiger partial charge in [-0.2, -0.15) is 4.31 Å². The maximum Gasteiger partial charge on any atom is 0.243 e. The molecule has 0 spiro atoms. The van der Waals surface area contributed by atoms with E-state index in [1.54, 1.807) is 36.6 Å². The zero-order valence-electron chi connectivity index (χ0n) is 18.2. The van der Waals surface area contributed by atoms with Crippen LogP contribution in [0.15, 0.2) is 51.1 Å². The van der Waals surface area contributed by atoms with Crippen molar-refractivity contribution in [2.45, 2.75) is 56.1 Å². The van der Waals surface area contributed by atoms with Crippen LogP contribution < -0.4 is 5.32 Å². The molecule has 0 saturated carbocycles. The number of amides is 1. The van der Waals surface area contributed by atoms with E-state index in [1.165, 1.54) is 16.1 Å². The van der Waals surface area contributed by atoms with E-state index in [1.807, 2.05) is 32.3 Å². The lowest BCUT2D eigenvalue weighted by atomic mass is 10.3. The SMILES string of the molecule is CCN(CC)S(=O)(=O)c1ccc2c(c1)nc(S[C@H](C)C(=O)NCc1ccco1)n2CC. The molecule has 1 amide bonds. The summed E-state index contributed by atoms with van der Waals surface area (Å²) in [7, 11) is -3.56. The number of furan rings is 1. The third kappa shape index (κ3) is 4.97. The fourth-order valence-corrected chi connectivity index (χ4v) is 5.79. The highest BCUT2D eigenvalue weighted by atomic mass is 32.2. The summed E-state index contributed by atoms with van der Waals surface area (Å²) >= 11 is 1.34. The molecular weight excluding hydrogens is 436 g/mol. The minimum absolute atomic E-state index is 0.124. The van der Waals surface area contributed by atoms with Gasteiger partial charge in [-0.05, 0) is 44.2 Å². The number of hydrogen-bond donors (Lipinski definition) is 1. The third-order valence-corrected chi connectivity index (χ3v) is 8.15. The van der Waals surface area contributed by atoms with Crippen LogP contribution in [0.4, 0.5) is 0 Å². The first-order valence-corrected chi connectivity index (χ1v) is 12.6. The maximum atomic E-state index is 12.9. The lowest BCUT2D eigenvalue weighted by molar-refractivity contribution is -0.120. The monoisotopic (exact) mass is 464 g/mol. The minimum Gasteiger partial charge on any atom is -0.467 e. The van der Waals surface area contributed by atoms with Crippen LogP contribution in [0.25, 0.3) is 11.0 Å². The van der Waals surface area contributed by atoms with E-state index in [4.69, 9.17) is 4.42 Å². The van der Waals surface area contributed by atoms with Crippen LogP contribution >= 0.6 is 11.8 Å². The highest BCUT2D eigenvalue weighted by Gasteiger charge is 2.24. The van der Waals surface area contributed by atoms with Crippen LogP contribution in [0.5, 0.6) is 0 Å². The zero-order valence-corrected chi connectivity index (χ0v) is 19.8. The molecule has 1 N–H and O–H groups in total. The summed E-state index contributed by atoms with van der Waals surface area (Å²) in [5, 5.41) is 3.15. The van der Waals surface area contributed by atoms with Gasteiger partial charge in [0.1, 0.15) is 5.76 Å². The number of aryl methyl sites for hydroxylation is 1. The molecule has 0 radical (unpaired) electrons. The second-order valence-corrected chi connectivity index (χ2v) is 10.2. The summed E-state index contributed by atoms with van der Waals surface area (Å²) in [5.74, 6) is 0.564. The molecule has 8 nitrogen and oxygen atoms in total.